The van der Waals surface area contributed by atoms with Crippen LogP contribution >= 0.6 is 0 Å². The van der Waals surface area contributed by atoms with Gasteiger partial charge in [-0.3, -0.25) is 10.1 Å². The first-order chi connectivity index (χ1) is 12.6. The van der Waals surface area contributed by atoms with Gasteiger partial charge in [-0.1, -0.05) is 0 Å². The molecule has 0 amide bonds. The summed E-state index contributed by atoms with van der Waals surface area (Å²) in [4.78, 5) is 23.4. The molecule has 3 rings (SSSR count). The lowest BCUT2D eigenvalue weighted by atomic mass is 9.99. The average molecular weight is 390 g/mol. The molecule has 2 heterocycles. The summed E-state index contributed by atoms with van der Waals surface area (Å²) in [6.45, 7) is 0.644. The Bertz CT molecular complexity index is 862. The van der Waals surface area contributed by atoms with Crippen molar-refractivity contribution in [2.24, 2.45) is 0 Å². The number of aromatic nitrogens is 1. The number of hydrogen-bond acceptors (Lipinski definition) is 5. The maximum absolute atomic E-state index is 11.3. The molecule has 2 aromatic rings. The van der Waals surface area contributed by atoms with Gasteiger partial charge in [-0.05, 0) is 18.1 Å². The number of fused-ring (bicyclic) bond motifs is 3. The number of carboxylic acid groups (broad SMARTS) is 2. The van der Waals surface area contributed by atoms with Crippen LogP contribution < -0.4 is 14.8 Å². The van der Waals surface area contributed by atoms with E-state index in [9.17, 15) is 23.1 Å². The van der Waals surface area contributed by atoms with Gasteiger partial charge in [-0.2, -0.15) is 13.2 Å². The van der Waals surface area contributed by atoms with Crippen LogP contribution in [0.15, 0.2) is 12.1 Å². The van der Waals surface area contributed by atoms with Crippen LogP contribution in [0.5, 0.6) is 11.5 Å². The number of aromatic amines is 1. The summed E-state index contributed by atoms with van der Waals surface area (Å²) in [5, 5.41) is 20.4. The third-order valence-electron chi connectivity index (χ3n) is 3.94. The fourth-order valence-electron chi connectivity index (χ4n) is 2.77. The van der Waals surface area contributed by atoms with Gasteiger partial charge in [0.15, 0.2) is 11.5 Å². The van der Waals surface area contributed by atoms with Gasteiger partial charge in [-0.25, -0.2) is 4.79 Å². The van der Waals surface area contributed by atoms with Crippen molar-refractivity contribution in [1.29, 1.82) is 0 Å². The maximum Gasteiger partial charge on any atom is 0.490 e. The molecule has 0 bridgehead atoms. The van der Waals surface area contributed by atoms with Crippen LogP contribution in [0.1, 0.15) is 17.3 Å². The van der Waals surface area contributed by atoms with E-state index < -0.39 is 24.2 Å². The second-order valence-electron chi connectivity index (χ2n) is 5.55. The van der Waals surface area contributed by atoms with Crippen molar-refractivity contribution in [2.45, 2.75) is 18.6 Å². The van der Waals surface area contributed by atoms with Gasteiger partial charge < -0.3 is 24.7 Å². The Hall–Kier alpha value is -2.95. The average Bonchev–Trinajstić information content (AvgIpc) is 2.97. The molecule has 0 saturated heterocycles. The summed E-state index contributed by atoms with van der Waals surface area (Å²) in [6.07, 6.45) is -4.30. The molecular weight excluding hydrogens is 373 g/mol. The molecule has 4 N–H and O–H groups in total. The van der Waals surface area contributed by atoms with Crippen molar-refractivity contribution in [3.8, 4) is 11.5 Å². The van der Waals surface area contributed by atoms with E-state index in [4.69, 9.17) is 19.4 Å². The zero-order valence-electron chi connectivity index (χ0n) is 14.3. The Labute approximate surface area is 150 Å². The Morgan fingerprint density at radius 1 is 1.15 bits per heavy atom. The molecule has 1 aromatic heterocycles. The third-order valence-corrected chi connectivity index (χ3v) is 3.94. The number of halogens is 3. The van der Waals surface area contributed by atoms with Crippen LogP contribution in [-0.2, 0) is 16.0 Å². The Kier molecular flexibility index (Phi) is 5.84. The van der Waals surface area contributed by atoms with E-state index in [2.05, 4.69) is 10.3 Å². The van der Waals surface area contributed by atoms with E-state index in [0.717, 1.165) is 22.9 Å². The minimum atomic E-state index is -5.08. The van der Waals surface area contributed by atoms with Gasteiger partial charge in [0.25, 0.3) is 0 Å². The van der Waals surface area contributed by atoms with E-state index >= 15 is 0 Å². The number of nitrogens with one attached hydrogen (secondary N) is 2. The summed E-state index contributed by atoms with van der Waals surface area (Å²) in [7, 11) is 3.17. The van der Waals surface area contributed by atoms with Crippen LogP contribution in [0.3, 0.4) is 0 Å². The number of aliphatic carboxylic acids is 2. The number of H-pyrrole nitrogens is 1. The minimum absolute atomic E-state index is 0.624. The summed E-state index contributed by atoms with van der Waals surface area (Å²) < 4.78 is 42.3. The van der Waals surface area contributed by atoms with Crippen molar-refractivity contribution in [3.05, 3.63) is 23.4 Å². The highest BCUT2D eigenvalue weighted by Crippen LogP contribution is 2.37. The molecule has 8 nitrogen and oxygen atoms in total. The second-order valence-corrected chi connectivity index (χ2v) is 5.55. The number of ether oxygens (including phenoxy) is 2. The number of carboxylic acids is 2. The molecule has 1 atom stereocenters. The van der Waals surface area contributed by atoms with Gasteiger partial charge in [-0.15, -0.1) is 0 Å². The quantitative estimate of drug-likeness (QED) is 0.633. The summed E-state index contributed by atoms with van der Waals surface area (Å²) in [5.41, 5.74) is 2.61. The molecule has 0 spiro atoms. The molecule has 11 heteroatoms. The Morgan fingerprint density at radius 2 is 1.70 bits per heavy atom. The molecule has 1 unspecified atom stereocenters. The van der Waals surface area contributed by atoms with Crippen LogP contribution in [0.2, 0.25) is 0 Å². The fraction of sp³-hybridized carbons (Fsp3) is 0.375. The summed E-state index contributed by atoms with van der Waals surface area (Å²) in [6, 6.07) is 3.04. The normalized spacial score (nSPS) is 16.1. The van der Waals surface area contributed by atoms with Gasteiger partial charge in [0, 0.05) is 29.2 Å². The van der Waals surface area contributed by atoms with Gasteiger partial charge in [0.2, 0.25) is 0 Å². The summed E-state index contributed by atoms with van der Waals surface area (Å²) in [5.74, 6) is -2.37. The van der Waals surface area contributed by atoms with E-state index in [0.29, 0.717) is 23.7 Å². The minimum Gasteiger partial charge on any atom is -0.493 e. The first-order valence-electron chi connectivity index (χ1n) is 7.62. The molecule has 1 aromatic carbocycles. The van der Waals surface area contributed by atoms with Gasteiger partial charge in [0.1, 0.15) is 6.04 Å². The lowest BCUT2D eigenvalue weighted by Gasteiger charge is -2.20. The zero-order valence-corrected chi connectivity index (χ0v) is 14.3. The first kappa shape index (κ1) is 20.4. The van der Waals surface area contributed by atoms with Gasteiger partial charge in [0.05, 0.1) is 14.2 Å². The van der Waals surface area contributed by atoms with Gasteiger partial charge >= 0.3 is 18.1 Å². The van der Waals surface area contributed by atoms with Crippen molar-refractivity contribution in [3.63, 3.8) is 0 Å². The monoisotopic (exact) mass is 390 g/mol. The van der Waals surface area contributed by atoms with Crippen LogP contribution in [0.25, 0.3) is 10.9 Å². The molecule has 0 saturated carbocycles. The summed E-state index contributed by atoms with van der Waals surface area (Å²) >= 11 is 0. The van der Waals surface area contributed by atoms with E-state index in [-0.39, 0.29) is 0 Å². The van der Waals surface area contributed by atoms with Crippen molar-refractivity contribution in [2.75, 3.05) is 20.8 Å². The maximum atomic E-state index is 11.3. The second kappa shape index (κ2) is 7.74. The predicted octanol–water partition coefficient (Wildman–Crippen LogP) is 2.09. The highest BCUT2D eigenvalue weighted by Gasteiger charge is 2.38. The number of carbonyl (C=O) groups is 2. The molecule has 1 aliphatic rings. The molecule has 27 heavy (non-hydrogen) atoms. The largest absolute Gasteiger partial charge is 0.493 e. The van der Waals surface area contributed by atoms with Crippen LogP contribution in [0, 0.1) is 0 Å². The predicted molar refractivity (Wildman–Crippen MR) is 87.2 cm³/mol. The van der Waals surface area contributed by atoms with E-state index in [1.54, 1.807) is 14.2 Å². The number of benzene rings is 1. The van der Waals surface area contributed by atoms with E-state index in [1.807, 2.05) is 12.1 Å². The zero-order chi connectivity index (χ0) is 20.4. The molecule has 0 radical (unpaired) electrons. The standard InChI is InChI=1S/C14H16N2O4.C2HF3O2/c1-19-10-5-8-7-3-4-15-13(14(17)18)12(7)16-9(8)6-11(10)20-2;3-2(4,5)1(6)7/h5-6,13,15-16H,3-4H2,1-2H3,(H,17,18);(H,6,7). The third kappa shape index (κ3) is 4.25. The van der Waals surface area contributed by atoms with E-state index in [1.165, 1.54) is 0 Å². The number of hydrogen-bond donors (Lipinski definition) is 4. The first-order valence-corrected chi connectivity index (χ1v) is 7.62. The van der Waals surface area contributed by atoms with Crippen molar-refractivity contribution >= 4 is 22.8 Å². The lowest BCUT2D eigenvalue weighted by Crippen LogP contribution is -2.34. The molecular formula is C16H17F3N2O6. The van der Waals surface area contributed by atoms with Crippen LogP contribution in [-0.4, -0.2) is 54.1 Å². The highest BCUT2D eigenvalue weighted by atomic mass is 19.4. The number of alkyl halides is 3. The van der Waals surface area contributed by atoms with Crippen molar-refractivity contribution < 1.29 is 42.4 Å². The molecule has 148 valence electrons. The van der Waals surface area contributed by atoms with Crippen LogP contribution in [0.4, 0.5) is 13.2 Å². The smallest absolute Gasteiger partial charge is 0.490 e. The molecule has 0 fully saturated rings. The highest BCUT2D eigenvalue weighted by molar-refractivity contribution is 5.90. The molecule has 0 aliphatic carbocycles. The SMILES string of the molecule is COc1cc2[nH]c3c(c2cc1OC)CCNC3C(=O)O.O=C(O)C(F)(F)F. The number of methoxy groups -OCH3 is 2. The van der Waals surface area contributed by atoms with Crippen molar-refractivity contribution in [1.82, 2.24) is 10.3 Å². The molecule has 1 aliphatic heterocycles. The Morgan fingerprint density at radius 3 is 2.19 bits per heavy atom. The lowest BCUT2D eigenvalue weighted by molar-refractivity contribution is -0.192. The number of rotatable bonds is 3. The topological polar surface area (TPSA) is 121 Å². The Balaban J connectivity index is 0.000000321. The fourth-order valence-corrected chi connectivity index (χ4v) is 2.77.